The van der Waals surface area contributed by atoms with Crippen LogP contribution in [-0.4, -0.2) is 42.0 Å². The summed E-state index contributed by atoms with van der Waals surface area (Å²) < 4.78 is 10.8. The van der Waals surface area contributed by atoms with Gasteiger partial charge in [-0.3, -0.25) is 5.10 Å². The van der Waals surface area contributed by atoms with Gasteiger partial charge in [-0.25, -0.2) is 4.79 Å². The van der Waals surface area contributed by atoms with Crippen LogP contribution >= 0.6 is 0 Å². The topological polar surface area (TPSA) is 96.5 Å². The largest absolute Gasteiger partial charge is 0.493 e. The number of fused-ring (bicyclic) bond motifs is 3. The second-order valence-corrected chi connectivity index (χ2v) is 6.65. The van der Waals surface area contributed by atoms with E-state index < -0.39 is 5.97 Å². The van der Waals surface area contributed by atoms with Crippen molar-refractivity contribution in [3.8, 4) is 22.8 Å². The van der Waals surface area contributed by atoms with Crippen molar-refractivity contribution in [3.05, 3.63) is 58.7 Å². The summed E-state index contributed by atoms with van der Waals surface area (Å²) in [6.07, 6.45) is 1.47. The fourth-order valence-electron chi connectivity index (χ4n) is 3.58. The standard InChI is InChI=1S/C21H21N3O4/c1-27-17-10-14-9-16-19(15(14)11-18(17)28-2)23-24-20(16)22-7-6-12-4-3-5-13(8-12)21(25)26/h3-5,8,10-11H,6-7,9H2,1-2H3,(H,25,26)(H2,22,23,24). The number of carbonyl (C=O) groups is 1. The molecule has 1 heterocycles. The zero-order chi connectivity index (χ0) is 19.7. The first-order chi connectivity index (χ1) is 13.6. The molecule has 0 saturated carbocycles. The predicted octanol–water partition coefficient (Wildman–Crippen LogP) is 3.35. The molecular weight excluding hydrogens is 358 g/mol. The molecule has 0 aliphatic heterocycles. The third-order valence-electron chi connectivity index (χ3n) is 4.99. The number of rotatable bonds is 7. The molecule has 1 aliphatic carbocycles. The maximum atomic E-state index is 11.1. The summed E-state index contributed by atoms with van der Waals surface area (Å²) in [7, 11) is 3.25. The first-order valence-corrected chi connectivity index (χ1v) is 8.99. The summed E-state index contributed by atoms with van der Waals surface area (Å²) in [5, 5.41) is 20.0. The molecular formula is C21H21N3O4. The maximum absolute atomic E-state index is 11.1. The van der Waals surface area contributed by atoms with Crippen LogP contribution in [0, 0.1) is 0 Å². The maximum Gasteiger partial charge on any atom is 0.335 e. The highest BCUT2D eigenvalue weighted by Crippen LogP contribution is 2.43. The Balaban J connectivity index is 1.48. The Morgan fingerprint density at radius 3 is 2.75 bits per heavy atom. The van der Waals surface area contributed by atoms with Crippen LogP contribution in [0.25, 0.3) is 11.3 Å². The molecule has 3 aromatic rings. The van der Waals surface area contributed by atoms with Gasteiger partial charge < -0.3 is 19.9 Å². The number of hydrogen-bond acceptors (Lipinski definition) is 5. The highest BCUT2D eigenvalue weighted by Gasteiger charge is 2.26. The van der Waals surface area contributed by atoms with Gasteiger partial charge in [0.2, 0.25) is 0 Å². The van der Waals surface area contributed by atoms with Crippen LogP contribution in [0.2, 0.25) is 0 Å². The Hall–Kier alpha value is -3.48. The van der Waals surface area contributed by atoms with E-state index in [-0.39, 0.29) is 0 Å². The number of nitrogens with zero attached hydrogens (tertiary/aromatic N) is 1. The fraction of sp³-hybridized carbons (Fsp3) is 0.238. The number of carboxylic acid groups (broad SMARTS) is 1. The van der Waals surface area contributed by atoms with E-state index in [0.717, 1.165) is 40.2 Å². The Morgan fingerprint density at radius 1 is 1.21 bits per heavy atom. The zero-order valence-electron chi connectivity index (χ0n) is 15.7. The third-order valence-corrected chi connectivity index (χ3v) is 4.99. The second-order valence-electron chi connectivity index (χ2n) is 6.65. The van der Waals surface area contributed by atoms with Gasteiger partial charge in [0.25, 0.3) is 0 Å². The van der Waals surface area contributed by atoms with E-state index in [1.807, 2.05) is 18.2 Å². The van der Waals surface area contributed by atoms with E-state index >= 15 is 0 Å². The molecule has 3 N–H and O–H groups in total. The molecule has 4 rings (SSSR count). The number of aromatic amines is 1. The van der Waals surface area contributed by atoms with Crippen LogP contribution < -0.4 is 14.8 Å². The van der Waals surface area contributed by atoms with E-state index in [1.54, 1.807) is 32.4 Å². The van der Waals surface area contributed by atoms with E-state index in [2.05, 4.69) is 15.5 Å². The summed E-state index contributed by atoms with van der Waals surface area (Å²) in [6, 6.07) is 11.0. The minimum atomic E-state index is -0.912. The van der Waals surface area contributed by atoms with Gasteiger partial charge in [0.1, 0.15) is 5.82 Å². The lowest BCUT2D eigenvalue weighted by molar-refractivity contribution is 0.0696. The molecule has 1 aromatic heterocycles. The summed E-state index contributed by atoms with van der Waals surface area (Å²) in [5.74, 6) is 1.37. The molecule has 0 saturated heterocycles. The molecule has 28 heavy (non-hydrogen) atoms. The number of hydrogen-bond donors (Lipinski definition) is 3. The molecule has 144 valence electrons. The first kappa shape index (κ1) is 17.9. The Kier molecular flexibility index (Phi) is 4.65. The predicted molar refractivity (Wildman–Crippen MR) is 106 cm³/mol. The minimum Gasteiger partial charge on any atom is -0.493 e. The average Bonchev–Trinajstić information content (AvgIpc) is 3.26. The highest BCUT2D eigenvalue weighted by molar-refractivity contribution is 5.87. The normalized spacial score (nSPS) is 11.6. The quantitative estimate of drug-likeness (QED) is 0.456. The van der Waals surface area contributed by atoms with E-state index in [9.17, 15) is 4.79 Å². The molecule has 0 atom stereocenters. The van der Waals surface area contributed by atoms with Crippen molar-refractivity contribution in [1.82, 2.24) is 10.2 Å². The highest BCUT2D eigenvalue weighted by atomic mass is 16.5. The Labute approximate surface area is 162 Å². The van der Waals surface area contributed by atoms with Crippen molar-refractivity contribution in [2.75, 3.05) is 26.1 Å². The number of aromatic carboxylic acids is 1. The molecule has 2 aromatic carbocycles. The van der Waals surface area contributed by atoms with Crippen molar-refractivity contribution < 1.29 is 19.4 Å². The molecule has 0 radical (unpaired) electrons. The van der Waals surface area contributed by atoms with Crippen molar-refractivity contribution >= 4 is 11.8 Å². The third kappa shape index (κ3) is 3.15. The fourth-order valence-corrected chi connectivity index (χ4v) is 3.58. The van der Waals surface area contributed by atoms with Crippen LogP contribution in [0.3, 0.4) is 0 Å². The van der Waals surface area contributed by atoms with Crippen molar-refractivity contribution in [1.29, 1.82) is 0 Å². The summed E-state index contributed by atoms with van der Waals surface area (Å²) in [4.78, 5) is 11.1. The van der Waals surface area contributed by atoms with Crippen LogP contribution in [0.15, 0.2) is 36.4 Å². The average molecular weight is 379 g/mol. The SMILES string of the molecule is COc1cc2c(cc1OC)-c1n[nH]c(NCCc3cccc(C(=O)O)c3)c1C2. The van der Waals surface area contributed by atoms with Gasteiger partial charge >= 0.3 is 5.97 Å². The summed E-state index contributed by atoms with van der Waals surface area (Å²) >= 11 is 0. The number of aromatic nitrogens is 2. The zero-order valence-corrected chi connectivity index (χ0v) is 15.7. The first-order valence-electron chi connectivity index (χ1n) is 8.99. The smallest absolute Gasteiger partial charge is 0.335 e. The number of anilines is 1. The van der Waals surface area contributed by atoms with Gasteiger partial charge in [-0.1, -0.05) is 12.1 Å². The van der Waals surface area contributed by atoms with E-state index in [4.69, 9.17) is 14.6 Å². The molecule has 7 heteroatoms. The minimum absolute atomic E-state index is 0.304. The monoisotopic (exact) mass is 379 g/mol. The lowest BCUT2D eigenvalue weighted by Crippen LogP contribution is -2.07. The lowest BCUT2D eigenvalue weighted by Gasteiger charge is -2.10. The van der Waals surface area contributed by atoms with Crippen molar-refractivity contribution in [2.45, 2.75) is 12.8 Å². The number of carboxylic acids is 1. The van der Waals surface area contributed by atoms with Crippen LogP contribution in [0.5, 0.6) is 11.5 Å². The Morgan fingerprint density at radius 2 is 2.00 bits per heavy atom. The summed E-state index contributed by atoms with van der Waals surface area (Å²) in [6.45, 7) is 0.667. The molecule has 0 unspecified atom stereocenters. The molecule has 7 nitrogen and oxygen atoms in total. The number of methoxy groups -OCH3 is 2. The number of nitrogens with one attached hydrogen (secondary N) is 2. The second kappa shape index (κ2) is 7.26. The molecule has 0 bridgehead atoms. The molecule has 0 fully saturated rings. The van der Waals surface area contributed by atoms with Crippen LogP contribution in [-0.2, 0) is 12.8 Å². The number of H-pyrrole nitrogens is 1. The van der Waals surface area contributed by atoms with Crippen molar-refractivity contribution in [3.63, 3.8) is 0 Å². The van der Waals surface area contributed by atoms with Gasteiger partial charge in [-0.2, -0.15) is 5.10 Å². The van der Waals surface area contributed by atoms with Gasteiger partial charge in [0.15, 0.2) is 11.5 Å². The van der Waals surface area contributed by atoms with Crippen LogP contribution in [0.1, 0.15) is 27.0 Å². The molecule has 0 spiro atoms. The number of ether oxygens (including phenoxy) is 2. The van der Waals surface area contributed by atoms with Gasteiger partial charge in [0, 0.05) is 24.1 Å². The lowest BCUT2D eigenvalue weighted by atomic mass is 10.1. The molecule has 0 amide bonds. The Bertz CT molecular complexity index is 1040. The molecule has 1 aliphatic rings. The van der Waals surface area contributed by atoms with Crippen LogP contribution in [0.4, 0.5) is 5.82 Å². The number of benzene rings is 2. The van der Waals surface area contributed by atoms with E-state index in [1.165, 1.54) is 0 Å². The van der Waals surface area contributed by atoms with E-state index in [0.29, 0.717) is 30.0 Å². The van der Waals surface area contributed by atoms with Gasteiger partial charge in [0.05, 0.1) is 25.5 Å². The van der Waals surface area contributed by atoms with Gasteiger partial charge in [-0.15, -0.1) is 0 Å². The van der Waals surface area contributed by atoms with Gasteiger partial charge in [-0.05, 0) is 41.8 Å². The summed E-state index contributed by atoms with van der Waals surface area (Å²) in [5.41, 5.74) is 5.52. The van der Waals surface area contributed by atoms with Crippen molar-refractivity contribution in [2.24, 2.45) is 0 Å².